The van der Waals surface area contributed by atoms with Crippen molar-refractivity contribution in [2.75, 3.05) is 11.9 Å². The summed E-state index contributed by atoms with van der Waals surface area (Å²) in [6.45, 7) is 4.43. The normalized spacial score (nSPS) is 19.8. The van der Waals surface area contributed by atoms with E-state index in [2.05, 4.69) is 20.8 Å². The van der Waals surface area contributed by atoms with Gasteiger partial charge >= 0.3 is 6.03 Å². The second kappa shape index (κ2) is 6.34. The second-order valence-corrected chi connectivity index (χ2v) is 9.45. The topological polar surface area (TPSA) is 85.6 Å². The molecule has 0 bridgehead atoms. The molecule has 28 heavy (non-hydrogen) atoms. The number of urea groups is 1. The molecule has 1 aliphatic heterocycles. The van der Waals surface area contributed by atoms with E-state index in [0.29, 0.717) is 17.4 Å². The Bertz CT molecular complexity index is 1050. The predicted octanol–water partition coefficient (Wildman–Crippen LogP) is 3.73. The first kappa shape index (κ1) is 17.7. The van der Waals surface area contributed by atoms with Crippen LogP contribution in [0.1, 0.15) is 48.9 Å². The van der Waals surface area contributed by atoms with Crippen LogP contribution in [0, 0.1) is 0 Å². The Morgan fingerprint density at radius 1 is 1.21 bits per heavy atom. The number of amides is 2. The summed E-state index contributed by atoms with van der Waals surface area (Å²) in [7, 11) is -1.86. The van der Waals surface area contributed by atoms with Crippen LogP contribution >= 0.6 is 0 Å². The Morgan fingerprint density at radius 2 is 1.89 bits per heavy atom. The van der Waals surface area contributed by atoms with Crippen LogP contribution in [0.4, 0.5) is 10.5 Å². The monoisotopic (exact) mass is 399 g/mol. The Labute approximate surface area is 165 Å². The SMILES string of the molecule is CC1(C)COc2c([S-](=O)=NC(=O)Nc3c4c(cc5c3CCC5)CCC4)cnn21. The third-order valence-corrected chi connectivity index (χ3v) is 6.88. The van der Waals surface area contributed by atoms with Gasteiger partial charge in [-0.25, -0.2) is 9.48 Å². The van der Waals surface area contributed by atoms with E-state index in [1.54, 1.807) is 4.68 Å². The van der Waals surface area contributed by atoms with E-state index in [1.807, 2.05) is 13.8 Å². The molecule has 5 rings (SSSR count). The van der Waals surface area contributed by atoms with Crippen LogP contribution in [0.2, 0.25) is 0 Å². The molecule has 2 aromatic rings. The molecule has 0 spiro atoms. The summed E-state index contributed by atoms with van der Waals surface area (Å²) in [5, 5.41) is 7.22. The molecular weight excluding hydrogens is 376 g/mol. The lowest BCUT2D eigenvalue weighted by molar-refractivity contribution is 0.259. The Kier molecular flexibility index (Phi) is 4.01. The average Bonchev–Trinajstić information content (AvgIpc) is 3.40. The summed E-state index contributed by atoms with van der Waals surface area (Å²) < 4.78 is 23.9. The standard InChI is InChI=1S/C20H23N4O3S/c1-20(2)11-27-18-16(10-21-24(18)20)28(26)23-19(25)22-17-14-7-3-5-12(14)9-13-6-4-8-15(13)17/h9-10H,3-8,11H2,1-2H3,(H,22,25)/q-1. The summed E-state index contributed by atoms with van der Waals surface area (Å²) in [6, 6.07) is 1.73. The van der Waals surface area contributed by atoms with Gasteiger partial charge in [-0.15, -0.1) is 10.6 Å². The maximum absolute atomic E-state index is 12.7. The van der Waals surface area contributed by atoms with E-state index in [1.165, 1.54) is 28.5 Å². The molecule has 0 radical (unpaired) electrons. The lowest BCUT2D eigenvalue weighted by Crippen LogP contribution is -2.26. The highest BCUT2D eigenvalue weighted by Crippen LogP contribution is 2.39. The molecule has 148 valence electrons. The molecule has 7 nitrogen and oxygen atoms in total. The Hall–Kier alpha value is -2.35. The largest absolute Gasteiger partial charge is 0.476 e. The molecule has 2 aliphatic carbocycles. The summed E-state index contributed by atoms with van der Waals surface area (Å²) in [5.41, 5.74) is 5.73. The van der Waals surface area contributed by atoms with Gasteiger partial charge in [0.05, 0.1) is 5.54 Å². The van der Waals surface area contributed by atoms with E-state index in [9.17, 15) is 9.00 Å². The zero-order chi connectivity index (χ0) is 19.5. The van der Waals surface area contributed by atoms with Crippen LogP contribution in [0.5, 0.6) is 5.88 Å². The minimum absolute atomic E-state index is 0.300. The summed E-state index contributed by atoms with van der Waals surface area (Å²) >= 11 is 0. The van der Waals surface area contributed by atoms with Gasteiger partial charge in [-0.2, -0.15) is 5.10 Å². The van der Waals surface area contributed by atoms with Crippen LogP contribution in [0.15, 0.2) is 21.5 Å². The summed E-state index contributed by atoms with van der Waals surface area (Å²) in [5.74, 6) is 0.432. The molecule has 0 fully saturated rings. The zero-order valence-electron chi connectivity index (χ0n) is 16.1. The molecule has 1 aromatic heterocycles. The summed E-state index contributed by atoms with van der Waals surface area (Å²) in [4.78, 5) is 12.9. The number of nitrogens with one attached hydrogen (secondary N) is 1. The van der Waals surface area contributed by atoms with Crippen LogP contribution < -0.4 is 10.1 Å². The highest BCUT2D eigenvalue weighted by Gasteiger charge is 2.33. The van der Waals surface area contributed by atoms with Crippen molar-refractivity contribution < 1.29 is 13.7 Å². The van der Waals surface area contributed by atoms with Gasteiger partial charge in [0, 0.05) is 11.9 Å². The van der Waals surface area contributed by atoms with Crippen molar-refractivity contribution in [3.05, 3.63) is 34.5 Å². The van der Waals surface area contributed by atoms with Crippen molar-refractivity contribution in [1.29, 1.82) is 0 Å². The van der Waals surface area contributed by atoms with Crippen molar-refractivity contribution in [2.24, 2.45) is 4.36 Å². The lowest BCUT2D eigenvalue weighted by atomic mass is 9.99. The number of rotatable bonds is 2. The van der Waals surface area contributed by atoms with Gasteiger partial charge in [0.1, 0.15) is 6.61 Å². The van der Waals surface area contributed by atoms with E-state index < -0.39 is 16.6 Å². The Morgan fingerprint density at radius 3 is 2.57 bits per heavy atom. The number of benzene rings is 1. The molecule has 1 aromatic carbocycles. The number of anilines is 1. The molecule has 3 aliphatic rings. The number of aromatic nitrogens is 2. The van der Waals surface area contributed by atoms with Crippen LogP contribution in [-0.2, 0) is 46.0 Å². The summed E-state index contributed by atoms with van der Waals surface area (Å²) in [6.07, 6.45) is 7.76. The fraction of sp³-hybridized carbons (Fsp3) is 0.500. The molecule has 0 unspecified atom stereocenters. The third-order valence-electron chi connectivity index (χ3n) is 5.89. The molecule has 0 saturated heterocycles. The van der Waals surface area contributed by atoms with Crippen LogP contribution in [-0.4, -0.2) is 22.4 Å². The third kappa shape index (κ3) is 2.73. The van der Waals surface area contributed by atoms with Crippen molar-refractivity contribution in [3.8, 4) is 5.88 Å². The number of ether oxygens (including phenoxy) is 1. The first-order valence-corrected chi connectivity index (χ1v) is 10.9. The van der Waals surface area contributed by atoms with Gasteiger partial charge in [-0.1, -0.05) is 6.07 Å². The molecule has 2 amide bonds. The van der Waals surface area contributed by atoms with E-state index >= 15 is 0 Å². The molecule has 0 saturated carbocycles. The molecule has 1 N–H and O–H groups in total. The van der Waals surface area contributed by atoms with Gasteiger partial charge < -0.3 is 18.6 Å². The number of aryl methyl sites for hydroxylation is 2. The van der Waals surface area contributed by atoms with Crippen molar-refractivity contribution in [1.82, 2.24) is 9.78 Å². The quantitative estimate of drug-likeness (QED) is 0.780. The maximum Gasteiger partial charge on any atom is 0.322 e. The fourth-order valence-corrected chi connectivity index (χ4v) is 5.26. The van der Waals surface area contributed by atoms with Crippen molar-refractivity contribution in [2.45, 2.75) is 62.8 Å². The van der Waals surface area contributed by atoms with Gasteiger partial charge in [0.25, 0.3) is 0 Å². The highest BCUT2D eigenvalue weighted by molar-refractivity contribution is 7.75. The number of carbonyl (C=O) groups is 1. The van der Waals surface area contributed by atoms with Gasteiger partial charge in [0.2, 0.25) is 0 Å². The first-order chi connectivity index (χ1) is 13.4. The molecule has 2 heterocycles. The number of carbonyl (C=O) groups excluding carboxylic acids is 1. The molecule has 8 heteroatoms. The van der Waals surface area contributed by atoms with E-state index in [0.717, 1.165) is 44.2 Å². The molecular formula is C20H23N4O3S-. The van der Waals surface area contributed by atoms with Gasteiger partial charge in [-0.3, -0.25) is 0 Å². The highest BCUT2D eigenvalue weighted by atomic mass is 32.2. The minimum Gasteiger partial charge on any atom is -0.476 e. The van der Waals surface area contributed by atoms with Gasteiger partial charge in [0.15, 0.2) is 5.88 Å². The van der Waals surface area contributed by atoms with Crippen molar-refractivity contribution >= 4 is 22.3 Å². The number of hydrogen-bond acceptors (Lipinski definition) is 5. The number of hydrogen-bond donors (Lipinski definition) is 1. The van der Waals surface area contributed by atoms with Crippen LogP contribution in [0.3, 0.4) is 0 Å². The zero-order valence-corrected chi connectivity index (χ0v) is 16.9. The van der Waals surface area contributed by atoms with Gasteiger partial charge in [-0.05, 0) is 79.5 Å². The van der Waals surface area contributed by atoms with E-state index in [4.69, 9.17) is 4.74 Å². The number of fused-ring (bicyclic) bond motifs is 3. The predicted molar refractivity (Wildman–Crippen MR) is 105 cm³/mol. The van der Waals surface area contributed by atoms with Crippen molar-refractivity contribution in [3.63, 3.8) is 0 Å². The average molecular weight is 399 g/mol. The smallest absolute Gasteiger partial charge is 0.322 e. The Balaban J connectivity index is 1.45. The lowest BCUT2D eigenvalue weighted by Gasteiger charge is -2.15. The maximum atomic E-state index is 12.7. The van der Waals surface area contributed by atoms with E-state index in [-0.39, 0.29) is 5.54 Å². The number of nitrogens with zero attached hydrogens (tertiary/aromatic N) is 3. The van der Waals surface area contributed by atoms with Crippen LogP contribution in [0.25, 0.3) is 0 Å². The molecule has 0 atom stereocenters. The first-order valence-electron chi connectivity index (χ1n) is 9.76. The second-order valence-electron chi connectivity index (χ2n) is 8.33. The minimum atomic E-state index is -1.86. The fourth-order valence-electron chi connectivity index (χ4n) is 4.53.